The van der Waals surface area contributed by atoms with E-state index in [0.717, 1.165) is 24.1 Å². The predicted molar refractivity (Wildman–Crippen MR) is 126 cm³/mol. The number of hydrazine groups is 1. The molecule has 11 nitrogen and oxygen atoms in total. The molecule has 2 aliphatic carbocycles. The number of benzene rings is 1. The quantitative estimate of drug-likeness (QED) is 0.402. The number of nitrogens with zero attached hydrogens (tertiary/aromatic N) is 3. The standard InChI is InChI=1S/C24H31N5O6/c1-28(2)29(3)24(33)35-15-6-5-13(7-15)19-10-22(27-26-19)25-23(32)14-8-16-17(9-14)21(34-4)11-20(31)18(16)12-30/h10-15,31H,5-9H2,1-4H3,(H2,25,26,27,32)/t13-,14-,15+/m0/s1. The fraction of sp³-hybridized carbons (Fsp3) is 0.500. The van der Waals surface area contributed by atoms with Gasteiger partial charge in [0.25, 0.3) is 0 Å². The number of phenols is 1. The number of hydrogen-bond acceptors (Lipinski definition) is 8. The number of H-pyrrole nitrogens is 1. The molecule has 1 fully saturated rings. The summed E-state index contributed by atoms with van der Waals surface area (Å²) in [6.07, 6.45) is 3.05. The van der Waals surface area contributed by atoms with Crippen LogP contribution in [0.15, 0.2) is 12.1 Å². The highest BCUT2D eigenvalue weighted by Gasteiger charge is 2.34. The van der Waals surface area contributed by atoms with Gasteiger partial charge in [-0.05, 0) is 43.2 Å². The lowest BCUT2D eigenvalue weighted by Crippen LogP contribution is -2.40. The topological polar surface area (TPSA) is 137 Å². The summed E-state index contributed by atoms with van der Waals surface area (Å²) in [5, 5.41) is 23.3. The van der Waals surface area contributed by atoms with Gasteiger partial charge in [-0.1, -0.05) is 0 Å². The first-order valence-corrected chi connectivity index (χ1v) is 11.6. The molecule has 4 rings (SSSR count). The van der Waals surface area contributed by atoms with Gasteiger partial charge in [-0.3, -0.25) is 14.7 Å². The summed E-state index contributed by atoms with van der Waals surface area (Å²) in [5.41, 5.74) is 2.49. The summed E-state index contributed by atoms with van der Waals surface area (Å²) < 4.78 is 10.9. The maximum atomic E-state index is 13.0. The molecule has 35 heavy (non-hydrogen) atoms. The van der Waals surface area contributed by atoms with Gasteiger partial charge in [0.15, 0.2) is 12.1 Å². The van der Waals surface area contributed by atoms with Crippen molar-refractivity contribution >= 4 is 24.1 Å². The summed E-state index contributed by atoms with van der Waals surface area (Å²) in [4.78, 5) is 36.6. The van der Waals surface area contributed by atoms with Crippen LogP contribution >= 0.6 is 0 Å². The largest absolute Gasteiger partial charge is 0.507 e. The third-order valence-corrected chi connectivity index (χ3v) is 6.95. The number of fused-ring (bicyclic) bond motifs is 1. The maximum Gasteiger partial charge on any atom is 0.424 e. The monoisotopic (exact) mass is 485 g/mol. The molecular weight excluding hydrogens is 454 g/mol. The number of aromatic nitrogens is 2. The maximum absolute atomic E-state index is 13.0. The fourth-order valence-corrected chi connectivity index (χ4v) is 4.83. The van der Waals surface area contributed by atoms with Gasteiger partial charge >= 0.3 is 6.09 Å². The zero-order valence-corrected chi connectivity index (χ0v) is 20.3. The third-order valence-electron chi connectivity index (χ3n) is 6.95. The van der Waals surface area contributed by atoms with Crippen LogP contribution in [0.25, 0.3) is 0 Å². The molecule has 1 aromatic heterocycles. The van der Waals surface area contributed by atoms with E-state index < -0.39 is 12.0 Å². The molecule has 0 aliphatic heterocycles. The molecule has 188 valence electrons. The van der Waals surface area contributed by atoms with E-state index in [1.165, 1.54) is 18.2 Å². The Hall–Kier alpha value is -3.60. The van der Waals surface area contributed by atoms with E-state index in [2.05, 4.69) is 15.5 Å². The highest BCUT2D eigenvalue weighted by atomic mass is 16.6. The molecule has 0 bridgehead atoms. The number of ether oxygens (including phenoxy) is 2. The highest BCUT2D eigenvalue weighted by Crippen LogP contribution is 2.40. The predicted octanol–water partition coefficient (Wildman–Crippen LogP) is 2.47. The Bertz CT molecular complexity index is 1130. The van der Waals surface area contributed by atoms with Gasteiger partial charge in [0, 0.05) is 50.8 Å². The van der Waals surface area contributed by atoms with Gasteiger partial charge in [0.1, 0.15) is 17.6 Å². The van der Waals surface area contributed by atoms with Crippen LogP contribution in [0.2, 0.25) is 0 Å². The Balaban J connectivity index is 1.36. The summed E-state index contributed by atoms with van der Waals surface area (Å²) in [6.45, 7) is 0. The zero-order chi connectivity index (χ0) is 25.3. The van der Waals surface area contributed by atoms with Crippen LogP contribution in [0.3, 0.4) is 0 Å². The lowest BCUT2D eigenvalue weighted by atomic mass is 10.0. The molecule has 2 aromatic rings. The Morgan fingerprint density at radius 1 is 1.20 bits per heavy atom. The number of carbonyl (C=O) groups excluding carboxylic acids is 3. The molecule has 0 saturated heterocycles. The Morgan fingerprint density at radius 3 is 2.63 bits per heavy atom. The van der Waals surface area contributed by atoms with Gasteiger partial charge in [-0.25, -0.2) is 14.8 Å². The summed E-state index contributed by atoms with van der Waals surface area (Å²) in [5.74, 6) is 0.246. The number of carbonyl (C=O) groups is 3. The number of amides is 2. The van der Waals surface area contributed by atoms with Gasteiger partial charge < -0.3 is 19.9 Å². The second kappa shape index (κ2) is 9.95. The molecule has 1 heterocycles. The van der Waals surface area contributed by atoms with Crippen molar-refractivity contribution in [2.24, 2.45) is 5.92 Å². The van der Waals surface area contributed by atoms with Crippen LogP contribution in [0.1, 0.15) is 52.4 Å². The molecule has 11 heteroatoms. The van der Waals surface area contributed by atoms with Crippen molar-refractivity contribution in [2.75, 3.05) is 33.6 Å². The average molecular weight is 486 g/mol. The summed E-state index contributed by atoms with van der Waals surface area (Å²) in [7, 11) is 6.68. The molecule has 1 aromatic carbocycles. The number of aromatic amines is 1. The fourth-order valence-electron chi connectivity index (χ4n) is 4.83. The number of rotatable bonds is 7. The zero-order valence-electron chi connectivity index (χ0n) is 20.3. The number of phenolic OH excluding ortho intramolecular Hbond substituents is 1. The van der Waals surface area contributed by atoms with E-state index in [4.69, 9.17) is 9.47 Å². The lowest BCUT2D eigenvalue weighted by molar-refractivity contribution is -0.119. The number of hydrogen-bond donors (Lipinski definition) is 3. The molecular formula is C24H31N5O6. The highest BCUT2D eigenvalue weighted by molar-refractivity contribution is 5.94. The van der Waals surface area contributed by atoms with Gasteiger partial charge in [-0.2, -0.15) is 5.10 Å². The molecule has 0 radical (unpaired) electrons. The summed E-state index contributed by atoms with van der Waals surface area (Å²) >= 11 is 0. The number of aldehydes is 1. The molecule has 1 saturated carbocycles. The van der Waals surface area contributed by atoms with E-state index in [-0.39, 0.29) is 29.2 Å². The van der Waals surface area contributed by atoms with Crippen LogP contribution in [-0.2, 0) is 22.4 Å². The van der Waals surface area contributed by atoms with E-state index in [1.54, 1.807) is 26.2 Å². The molecule has 2 amide bonds. The van der Waals surface area contributed by atoms with Crippen molar-refractivity contribution in [1.82, 2.24) is 20.2 Å². The second-order valence-electron chi connectivity index (χ2n) is 9.28. The molecule has 0 spiro atoms. The minimum atomic E-state index is -0.413. The number of aromatic hydroxyl groups is 1. The molecule has 0 unspecified atom stereocenters. The van der Waals surface area contributed by atoms with E-state index in [1.807, 2.05) is 6.07 Å². The first kappa shape index (κ1) is 24.5. The third kappa shape index (κ3) is 4.95. The van der Waals surface area contributed by atoms with E-state index in [9.17, 15) is 19.5 Å². The smallest absolute Gasteiger partial charge is 0.424 e. The lowest BCUT2D eigenvalue weighted by Gasteiger charge is -2.25. The van der Waals surface area contributed by atoms with Crippen LogP contribution in [0.4, 0.5) is 10.6 Å². The molecule has 3 N–H and O–H groups in total. The molecule has 2 aliphatic rings. The van der Waals surface area contributed by atoms with Gasteiger partial charge in [0.05, 0.1) is 12.7 Å². The van der Waals surface area contributed by atoms with Crippen LogP contribution in [0.5, 0.6) is 11.5 Å². The number of anilines is 1. The second-order valence-corrected chi connectivity index (χ2v) is 9.28. The van der Waals surface area contributed by atoms with Crippen LogP contribution < -0.4 is 10.1 Å². The van der Waals surface area contributed by atoms with Gasteiger partial charge in [0.2, 0.25) is 5.91 Å². The minimum absolute atomic E-state index is 0.147. The van der Waals surface area contributed by atoms with Crippen molar-refractivity contribution in [3.63, 3.8) is 0 Å². The van der Waals surface area contributed by atoms with E-state index in [0.29, 0.717) is 42.7 Å². The van der Waals surface area contributed by atoms with Crippen LogP contribution in [-0.4, -0.2) is 78.0 Å². The van der Waals surface area contributed by atoms with Crippen molar-refractivity contribution in [1.29, 1.82) is 0 Å². The Labute approximate surface area is 203 Å². The van der Waals surface area contributed by atoms with Crippen molar-refractivity contribution in [3.8, 4) is 11.5 Å². The molecule has 3 atom stereocenters. The van der Waals surface area contributed by atoms with Crippen molar-refractivity contribution in [2.45, 2.75) is 44.1 Å². The van der Waals surface area contributed by atoms with E-state index >= 15 is 0 Å². The summed E-state index contributed by atoms with van der Waals surface area (Å²) in [6, 6.07) is 3.22. The normalized spacial score (nSPS) is 21.0. The number of nitrogens with one attached hydrogen (secondary N) is 2. The van der Waals surface area contributed by atoms with Crippen molar-refractivity contribution in [3.05, 3.63) is 34.5 Å². The van der Waals surface area contributed by atoms with Crippen molar-refractivity contribution < 1.29 is 29.0 Å². The Morgan fingerprint density at radius 2 is 1.94 bits per heavy atom. The first-order valence-electron chi connectivity index (χ1n) is 11.6. The van der Waals surface area contributed by atoms with Gasteiger partial charge in [-0.15, -0.1) is 0 Å². The SMILES string of the molecule is COc1cc(O)c(C=O)c2c1C[C@@H](C(=O)Nc1cc([C@H]3CC[C@@H](OC(=O)N(C)N(C)C)C3)[nH]n1)C2. The minimum Gasteiger partial charge on any atom is -0.507 e. The average Bonchev–Trinajstić information content (AvgIpc) is 3.57. The first-order chi connectivity index (χ1) is 16.7. The Kier molecular flexibility index (Phi) is 6.97. The number of methoxy groups -OCH3 is 1. The van der Waals surface area contributed by atoms with Crippen LogP contribution in [0, 0.1) is 5.92 Å².